The quantitative estimate of drug-likeness (QED) is 0.867. The minimum atomic E-state index is 0.660. The number of benzene rings is 1. The van der Waals surface area contributed by atoms with E-state index in [9.17, 15) is 0 Å². The number of nitrogens with one attached hydrogen (secondary N) is 1. The van der Waals surface area contributed by atoms with Gasteiger partial charge in [0, 0.05) is 0 Å². The molecule has 0 radical (unpaired) electrons. The summed E-state index contributed by atoms with van der Waals surface area (Å²) >= 11 is 0. The normalized spacial score (nSPS) is 18.7. The van der Waals surface area contributed by atoms with Crippen molar-refractivity contribution < 1.29 is 14.2 Å². The van der Waals surface area contributed by atoms with Crippen molar-refractivity contribution in [2.24, 2.45) is 5.92 Å². The van der Waals surface area contributed by atoms with Crippen molar-refractivity contribution >= 4 is 0 Å². The SMILES string of the molecule is COc1cc(CC2CCNC2)cc(OC)c1OC. The third kappa shape index (κ3) is 2.70. The minimum absolute atomic E-state index is 0.660. The summed E-state index contributed by atoms with van der Waals surface area (Å²) in [6.45, 7) is 2.21. The molecule has 0 spiro atoms. The van der Waals surface area contributed by atoms with Crippen molar-refractivity contribution in [3.63, 3.8) is 0 Å². The number of hydrogen-bond acceptors (Lipinski definition) is 4. The van der Waals surface area contributed by atoms with Gasteiger partial charge in [0.15, 0.2) is 11.5 Å². The fourth-order valence-electron chi connectivity index (χ4n) is 2.48. The van der Waals surface area contributed by atoms with Crippen LogP contribution < -0.4 is 19.5 Å². The number of ether oxygens (including phenoxy) is 3. The maximum Gasteiger partial charge on any atom is 0.203 e. The molecule has 1 fully saturated rings. The van der Waals surface area contributed by atoms with Crippen LogP contribution in [0.5, 0.6) is 17.2 Å². The average molecular weight is 251 g/mol. The smallest absolute Gasteiger partial charge is 0.203 e. The van der Waals surface area contributed by atoms with Crippen molar-refractivity contribution in [1.29, 1.82) is 0 Å². The molecule has 0 amide bonds. The lowest BCUT2D eigenvalue weighted by atomic mass is 9.98. The van der Waals surface area contributed by atoms with E-state index < -0.39 is 0 Å². The van der Waals surface area contributed by atoms with E-state index in [0.717, 1.165) is 31.0 Å². The number of rotatable bonds is 5. The molecule has 1 aliphatic heterocycles. The third-order valence-corrected chi connectivity index (χ3v) is 3.41. The topological polar surface area (TPSA) is 39.7 Å². The lowest BCUT2D eigenvalue weighted by molar-refractivity contribution is 0.323. The Hall–Kier alpha value is -1.42. The molecule has 1 aromatic rings. The van der Waals surface area contributed by atoms with Gasteiger partial charge in [0.05, 0.1) is 21.3 Å². The minimum Gasteiger partial charge on any atom is -0.493 e. The van der Waals surface area contributed by atoms with Gasteiger partial charge in [-0.1, -0.05) is 0 Å². The van der Waals surface area contributed by atoms with Crippen LogP contribution in [0.25, 0.3) is 0 Å². The van der Waals surface area contributed by atoms with Crippen molar-refractivity contribution in [3.05, 3.63) is 17.7 Å². The molecule has 1 atom stereocenters. The summed E-state index contributed by atoms with van der Waals surface area (Å²) < 4.78 is 16.0. The van der Waals surface area contributed by atoms with Gasteiger partial charge in [-0.2, -0.15) is 0 Å². The van der Waals surface area contributed by atoms with E-state index in [1.807, 2.05) is 12.1 Å². The molecule has 1 saturated heterocycles. The molecule has 1 unspecified atom stereocenters. The molecule has 18 heavy (non-hydrogen) atoms. The molecule has 1 N–H and O–H groups in total. The van der Waals surface area contributed by atoms with Crippen LogP contribution in [-0.2, 0) is 6.42 Å². The summed E-state index contributed by atoms with van der Waals surface area (Å²) in [5.74, 6) is 2.83. The van der Waals surface area contributed by atoms with Crippen LogP contribution in [0, 0.1) is 5.92 Å². The van der Waals surface area contributed by atoms with E-state index in [0.29, 0.717) is 11.7 Å². The molecule has 4 nitrogen and oxygen atoms in total. The van der Waals surface area contributed by atoms with Crippen molar-refractivity contribution in [1.82, 2.24) is 5.32 Å². The Kier molecular flexibility index (Phi) is 4.31. The lowest BCUT2D eigenvalue weighted by Gasteiger charge is -2.15. The maximum atomic E-state index is 5.36. The Labute approximate surface area is 108 Å². The first-order valence-corrected chi connectivity index (χ1v) is 6.28. The molecule has 1 aromatic carbocycles. The van der Waals surface area contributed by atoms with E-state index in [4.69, 9.17) is 14.2 Å². The first kappa shape index (κ1) is 13.0. The Morgan fingerprint density at radius 3 is 2.22 bits per heavy atom. The van der Waals surface area contributed by atoms with Gasteiger partial charge in [-0.05, 0) is 49.5 Å². The molecule has 0 aromatic heterocycles. The van der Waals surface area contributed by atoms with E-state index in [1.165, 1.54) is 12.0 Å². The van der Waals surface area contributed by atoms with Crippen LogP contribution in [0.15, 0.2) is 12.1 Å². The Morgan fingerprint density at radius 1 is 1.11 bits per heavy atom. The zero-order valence-corrected chi connectivity index (χ0v) is 11.3. The van der Waals surface area contributed by atoms with E-state index in [-0.39, 0.29) is 0 Å². The molecular formula is C14H21NO3. The van der Waals surface area contributed by atoms with Crippen LogP contribution in [0.1, 0.15) is 12.0 Å². The monoisotopic (exact) mass is 251 g/mol. The predicted molar refractivity (Wildman–Crippen MR) is 70.8 cm³/mol. The first-order valence-electron chi connectivity index (χ1n) is 6.28. The van der Waals surface area contributed by atoms with E-state index >= 15 is 0 Å². The van der Waals surface area contributed by atoms with Crippen LogP contribution in [0.4, 0.5) is 0 Å². The molecule has 2 rings (SSSR count). The fraction of sp³-hybridized carbons (Fsp3) is 0.571. The Morgan fingerprint density at radius 2 is 1.78 bits per heavy atom. The third-order valence-electron chi connectivity index (χ3n) is 3.41. The second-order valence-corrected chi connectivity index (χ2v) is 4.60. The zero-order valence-electron chi connectivity index (χ0n) is 11.3. The van der Waals surface area contributed by atoms with E-state index in [2.05, 4.69) is 5.32 Å². The largest absolute Gasteiger partial charge is 0.493 e. The predicted octanol–water partition coefficient (Wildman–Crippen LogP) is 1.86. The van der Waals surface area contributed by atoms with Crippen LogP contribution >= 0.6 is 0 Å². The zero-order chi connectivity index (χ0) is 13.0. The second-order valence-electron chi connectivity index (χ2n) is 4.60. The fourth-order valence-corrected chi connectivity index (χ4v) is 2.48. The standard InChI is InChI=1S/C14H21NO3/c1-16-12-7-11(6-10-4-5-15-9-10)8-13(17-2)14(12)18-3/h7-8,10,15H,4-6,9H2,1-3H3. The van der Waals surface area contributed by atoms with Gasteiger partial charge in [0.25, 0.3) is 0 Å². The van der Waals surface area contributed by atoms with E-state index in [1.54, 1.807) is 21.3 Å². The van der Waals surface area contributed by atoms with Crippen molar-refractivity contribution in [3.8, 4) is 17.2 Å². The summed E-state index contributed by atoms with van der Waals surface area (Å²) in [6, 6.07) is 4.08. The van der Waals surface area contributed by atoms with Crippen molar-refractivity contribution in [2.75, 3.05) is 34.4 Å². The van der Waals surface area contributed by atoms with Gasteiger partial charge in [-0.25, -0.2) is 0 Å². The van der Waals surface area contributed by atoms with Crippen molar-refractivity contribution in [2.45, 2.75) is 12.8 Å². The summed E-state index contributed by atoms with van der Waals surface area (Å²) in [7, 11) is 4.93. The summed E-state index contributed by atoms with van der Waals surface area (Å²) in [5.41, 5.74) is 1.23. The number of hydrogen-bond donors (Lipinski definition) is 1. The Balaban J connectivity index is 2.24. The highest BCUT2D eigenvalue weighted by Crippen LogP contribution is 2.38. The highest BCUT2D eigenvalue weighted by molar-refractivity contribution is 5.53. The van der Waals surface area contributed by atoms with Crippen LogP contribution in [-0.4, -0.2) is 34.4 Å². The van der Waals surface area contributed by atoms with Gasteiger partial charge in [0.1, 0.15) is 0 Å². The highest BCUT2D eigenvalue weighted by Gasteiger charge is 2.18. The molecule has 100 valence electrons. The Bertz CT molecular complexity index is 375. The van der Waals surface area contributed by atoms with Crippen LogP contribution in [0.2, 0.25) is 0 Å². The van der Waals surface area contributed by atoms with Crippen LogP contribution in [0.3, 0.4) is 0 Å². The molecule has 4 heteroatoms. The molecule has 1 heterocycles. The molecular weight excluding hydrogens is 230 g/mol. The maximum absolute atomic E-state index is 5.36. The number of methoxy groups -OCH3 is 3. The summed E-state index contributed by atoms with van der Waals surface area (Å²) in [6.07, 6.45) is 2.28. The van der Waals surface area contributed by atoms with Gasteiger partial charge in [-0.15, -0.1) is 0 Å². The molecule has 0 aliphatic carbocycles. The van der Waals surface area contributed by atoms with Gasteiger partial charge >= 0.3 is 0 Å². The first-order chi connectivity index (χ1) is 8.78. The molecule has 0 saturated carbocycles. The second kappa shape index (κ2) is 5.96. The lowest BCUT2D eigenvalue weighted by Crippen LogP contribution is -2.11. The summed E-state index contributed by atoms with van der Waals surface area (Å²) in [5, 5.41) is 3.39. The highest BCUT2D eigenvalue weighted by atomic mass is 16.5. The molecule has 0 bridgehead atoms. The van der Waals surface area contributed by atoms with Gasteiger partial charge in [0.2, 0.25) is 5.75 Å². The van der Waals surface area contributed by atoms with Gasteiger partial charge < -0.3 is 19.5 Å². The van der Waals surface area contributed by atoms with Gasteiger partial charge in [-0.3, -0.25) is 0 Å². The summed E-state index contributed by atoms with van der Waals surface area (Å²) in [4.78, 5) is 0. The average Bonchev–Trinajstić information content (AvgIpc) is 2.90. The molecule has 1 aliphatic rings.